The molecule has 72 valence electrons. The fourth-order valence-corrected chi connectivity index (χ4v) is 0.776. The first-order chi connectivity index (χ1) is 5.66. The summed E-state index contributed by atoms with van der Waals surface area (Å²) in [5, 5.41) is 8.97. The lowest BCUT2D eigenvalue weighted by molar-refractivity contribution is 0.0239. The van der Waals surface area contributed by atoms with Crippen molar-refractivity contribution in [2.24, 2.45) is 0 Å². The summed E-state index contributed by atoms with van der Waals surface area (Å²) < 4.78 is 28.7. The van der Waals surface area contributed by atoms with Crippen LogP contribution in [0.3, 0.4) is 0 Å². The minimum atomic E-state index is -2.89. The molecule has 0 saturated heterocycles. The Morgan fingerprint density at radius 2 is 2.17 bits per heavy atom. The highest BCUT2D eigenvalue weighted by molar-refractivity contribution is 7.67. The van der Waals surface area contributed by atoms with Gasteiger partial charge in [0.1, 0.15) is 6.10 Å². The van der Waals surface area contributed by atoms with Crippen molar-refractivity contribution in [1.29, 1.82) is 0 Å². The molecule has 0 aliphatic heterocycles. The number of hydrogen-bond donors (Lipinski definition) is 2. The van der Waals surface area contributed by atoms with Crippen LogP contribution in [0.15, 0.2) is 12.7 Å². The van der Waals surface area contributed by atoms with Crippen LogP contribution in [0.2, 0.25) is 0 Å². The van der Waals surface area contributed by atoms with Crippen molar-refractivity contribution in [3.8, 4) is 0 Å². The Balaban J connectivity index is 3.32. The van der Waals surface area contributed by atoms with E-state index < -0.39 is 17.1 Å². The lowest BCUT2D eigenvalue weighted by Crippen LogP contribution is -2.21. The molecule has 0 fully saturated rings. The number of thiol groups is 1. The third kappa shape index (κ3) is 7.67. The summed E-state index contributed by atoms with van der Waals surface area (Å²) in [6.07, 6.45) is 0.611. The van der Waals surface area contributed by atoms with E-state index in [1.807, 2.05) is 0 Å². The van der Waals surface area contributed by atoms with Gasteiger partial charge in [-0.15, -0.1) is 6.58 Å². The molecule has 1 unspecified atom stereocenters. The molecule has 0 aliphatic rings. The Morgan fingerprint density at radius 3 is 2.67 bits per heavy atom. The molecule has 0 aromatic rings. The van der Waals surface area contributed by atoms with Crippen LogP contribution < -0.4 is 0 Å². The number of ether oxygens (including phenoxy) is 1. The minimum Gasteiger partial charge on any atom is -0.388 e. The van der Waals surface area contributed by atoms with Gasteiger partial charge in [0, 0.05) is 0 Å². The topological polar surface area (TPSA) is 72.8 Å². The molecule has 0 amide bonds. The van der Waals surface area contributed by atoms with Gasteiger partial charge in [0.15, 0.2) is 0 Å². The van der Waals surface area contributed by atoms with Crippen molar-refractivity contribution in [1.82, 2.24) is 0 Å². The fraction of sp³-hybridized carbons (Fsp3) is 0.667. The van der Waals surface area contributed by atoms with Gasteiger partial charge in [-0.1, -0.05) is 6.08 Å². The van der Waals surface area contributed by atoms with E-state index in [0.717, 1.165) is 0 Å². The molecule has 0 radical (unpaired) electrons. The zero-order chi connectivity index (χ0) is 9.40. The van der Waals surface area contributed by atoms with Gasteiger partial charge in [-0.3, -0.25) is 4.18 Å². The van der Waals surface area contributed by atoms with Crippen molar-refractivity contribution in [3.63, 3.8) is 0 Å². The molecule has 0 aliphatic carbocycles. The molecule has 6 heteroatoms. The van der Waals surface area contributed by atoms with E-state index in [0.29, 0.717) is 6.61 Å². The molecule has 0 saturated carbocycles. The second-order valence-electron chi connectivity index (χ2n) is 2.00. The van der Waals surface area contributed by atoms with E-state index >= 15 is 0 Å². The second kappa shape index (κ2) is 7.23. The Bertz CT molecular complexity index is 180. The predicted octanol–water partition coefficient (Wildman–Crippen LogP) is -0.907. The van der Waals surface area contributed by atoms with Gasteiger partial charge in [-0.2, -0.15) is 0 Å². The van der Waals surface area contributed by atoms with Gasteiger partial charge < -0.3 is 9.84 Å². The van der Waals surface area contributed by atoms with E-state index in [9.17, 15) is 8.42 Å². The van der Waals surface area contributed by atoms with Gasteiger partial charge in [0.05, 0.1) is 19.8 Å². The molecular formula is C6H12O5S. The average molecular weight is 196 g/mol. The molecule has 0 aromatic carbocycles. The van der Waals surface area contributed by atoms with E-state index in [1.54, 1.807) is 0 Å². The standard InChI is InChI=1S/C6H12O5S/c1-2-3-10-4-6(7)5-11-12(8)9/h2,6-7,12H,1,3-5H2. The SMILES string of the molecule is C=CCOCC(O)CO[SH](=O)=O. The average Bonchev–Trinajstić information content (AvgIpc) is 2.01. The lowest BCUT2D eigenvalue weighted by Gasteiger charge is -2.07. The van der Waals surface area contributed by atoms with E-state index in [1.165, 1.54) is 6.08 Å². The normalized spacial score (nSPS) is 13.2. The van der Waals surface area contributed by atoms with Crippen molar-refractivity contribution >= 4 is 11.0 Å². The third-order valence-electron chi connectivity index (χ3n) is 0.918. The van der Waals surface area contributed by atoms with Crippen LogP contribution in [0, 0.1) is 0 Å². The molecule has 12 heavy (non-hydrogen) atoms. The van der Waals surface area contributed by atoms with E-state index in [2.05, 4.69) is 10.8 Å². The first-order valence-electron chi connectivity index (χ1n) is 3.30. The molecule has 5 nitrogen and oxygen atoms in total. The quantitative estimate of drug-likeness (QED) is 0.313. The van der Waals surface area contributed by atoms with Crippen LogP contribution in [0.1, 0.15) is 0 Å². The highest BCUT2D eigenvalue weighted by Crippen LogP contribution is 1.87. The summed E-state index contributed by atoms with van der Waals surface area (Å²) in [5.41, 5.74) is 0. The largest absolute Gasteiger partial charge is 0.388 e. The van der Waals surface area contributed by atoms with E-state index in [4.69, 9.17) is 9.84 Å². The maximum absolute atomic E-state index is 9.88. The second-order valence-corrected chi connectivity index (χ2v) is 2.70. The van der Waals surface area contributed by atoms with Gasteiger partial charge in [0.25, 0.3) is 11.0 Å². The van der Waals surface area contributed by atoms with E-state index in [-0.39, 0.29) is 13.2 Å². The fourth-order valence-electron chi connectivity index (χ4n) is 0.482. The summed E-state index contributed by atoms with van der Waals surface area (Å²) >= 11 is 0. The molecule has 0 spiro atoms. The smallest absolute Gasteiger partial charge is 0.257 e. The molecule has 0 bridgehead atoms. The highest BCUT2D eigenvalue weighted by Gasteiger charge is 2.03. The van der Waals surface area contributed by atoms with Gasteiger partial charge in [0.2, 0.25) is 0 Å². The third-order valence-corrected chi connectivity index (χ3v) is 1.28. The predicted molar refractivity (Wildman–Crippen MR) is 43.3 cm³/mol. The number of rotatable bonds is 7. The Labute approximate surface area is 72.8 Å². The summed E-state index contributed by atoms with van der Waals surface area (Å²) in [6, 6.07) is 0. The maximum atomic E-state index is 9.88. The number of aliphatic hydroxyl groups is 1. The van der Waals surface area contributed by atoms with Gasteiger partial charge in [-0.25, -0.2) is 8.42 Å². The number of hydrogen-bond acceptors (Lipinski definition) is 5. The molecular weight excluding hydrogens is 184 g/mol. The molecule has 1 atom stereocenters. The van der Waals surface area contributed by atoms with Crippen LogP contribution in [-0.2, 0) is 19.9 Å². The number of aliphatic hydroxyl groups excluding tert-OH is 1. The van der Waals surface area contributed by atoms with Crippen molar-refractivity contribution < 1.29 is 22.4 Å². The van der Waals surface area contributed by atoms with Crippen molar-refractivity contribution in [3.05, 3.63) is 12.7 Å². The first kappa shape index (κ1) is 11.6. The molecule has 0 rings (SSSR count). The molecule has 0 heterocycles. The summed E-state index contributed by atoms with van der Waals surface area (Å²) in [5.74, 6) is 0. The van der Waals surface area contributed by atoms with Crippen LogP contribution in [0.25, 0.3) is 0 Å². The van der Waals surface area contributed by atoms with Crippen LogP contribution in [0.5, 0.6) is 0 Å². The van der Waals surface area contributed by atoms with Crippen molar-refractivity contribution in [2.45, 2.75) is 6.10 Å². The summed E-state index contributed by atoms with van der Waals surface area (Å²) in [4.78, 5) is 0. The van der Waals surface area contributed by atoms with Crippen LogP contribution in [-0.4, -0.2) is 39.4 Å². The Morgan fingerprint density at radius 1 is 1.50 bits per heavy atom. The van der Waals surface area contributed by atoms with Crippen molar-refractivity contribution in [2.75, 3.05) is 19.8 Å². The van der Waals surface area contributed by atoms with Gasteiger partial charge in [-0.05, 0) is 0 Å². The Kier molecular flexibility index (Phi) is 6.97. The van der Waals surface area contributed by atoms with Gasteiger partial charge >= 0.3 is 0 Å². The first-order valence-corrected chi connectivity index (χ1v) is 4.40. The lowest BCUT2D eigenvalue weighted by atomic mass is 10.4. The zero-order valence-corrected chi connectivity index (χ0v) is 7.40. The summed E-state index contributed by atoms with van der Waals surface area (Å²) in [6.45, 7) is 3.49. The van der Waals surface area contributed by atoms with Crippen LogP contribution >= 0.6 is 0 Å². The Hall–Kier alpha value is -0.430. The minimum absolute atomic E-state index is 0.0369. The molecule has 1 N–H and O–H groups in total. The van der Waals surface area contributed by atoms with Crippen LogP contribution in [0.4, 0.5) is 0 Å². The molecule has 0 aromatic heterocycles. The summed E-state index contributed by atoms with van der Waals surface area (Å²) in [7, 11) is -2.89. The maximum Gasteiger partial charge on any atom is 0.257 e. The zero-order valence-electron chi connectivity index (χ0n) is 6.51. The highest BCUT2D eigenvalue weighted by atomic mass is 32.2. The monoisotopic (exact) mass is 196 g/mol.